The predicted molar refractivity (Wildman–Crippen MR) is 138 cm³/mol. The normalized spacial score (nSPS) is 12.1. The summed E-state index contributed by atoms with van der Waals surface area (Å²) in [5.41, 5.74) is 10.3. The molecule has 0 spiro atoms. The van der Waals surface area contributed by atoms with Gasteiger partial charge in [0.15, 0.2) is 0 Å². The first-order chi connectivity index (χ1) is 15.2. The topological polar surface area (TPSA) is 0 Å². The lowest BCUT2D eigenvalue weighted by Crippen LogP contribution is -2.26. The Kier molecular flexibility index (Phi) is 5.82. The van der Waals surface area contributed by atoms with Gasteiger partial charge in [-0.05, 0) is 55.5 Å². The SMILES string of the molecule is Cc1ccc(C(C)(C)c2ccc(C(C)(c3cccc(C)c3)c3cccc(C)c3)cc2)cc1. The summed E-state index contributed by atoms with van der Waals surface area (Å²) < 4.78 is 0. The second-order valence-electron chi connectivity index (χ2n) is 9.93. The van der Waals surface area contributed by atoms with Gasteiger partial charge in [0.1, 0.15) is 0 Å². The largest absolute Gasteiger partial charge is 0.0617 e. The Hall–Kier alpha value is -3.12. The molecular weight excluding hydrogens is 384 g/mol. The van der Waals surface area contributed by atoms with Crippen molar-refractivity contribution >= 4 is 0 Å². The van der Waals surface area contributed by atoms with Crippen molar-refractivity contribution in [3.63, 3.8) is 0 Å². The van der Waals surface area contributed by atoms with Crippen LogP contribution in [0, 0.1) is 20.8 Å². The summed E-state index contributed by atoms with van der Waals surface area (Å²) in [4.78, 5) is 0. The van der Waals surface area contributed by atoms with E-state index in [9.17, 15) is 0 Å². The van der Waals surface area contributed by atoms with Crippen LogP contribution in [0.1, 0.15) is 65.3 Å². The van der Waals surface area contributed by atoms with E-state index in [2.05, 4.69) is 139 Å². The van der Waals surface area contributed by atoms with Crippen molar-refractivity contribution in [2.45, 2.75) is 52.4 Å². The van der Waals surface area contributed by atoms with Crippen LogP contribution in [-0.4, -0.2) is 0 Å². The Labute approximate surface area is 194 Å². The number of hydrogen-bond acceptors (Lipinski definition) is 0. The maximum absolute atomic E-state index is 2.36. The van der Waals surface area contributed by atoms with Gasteiger partial charge in [-0.15, -0.1) is 0 Å². The minimum absolute atomic E-state index is 0.0463. The molecule has 4 rings (SSSR count). The van der Waals surface area contributed by atoms with Gasteiger partial charge in [-0.1, -0.05) is 128 Å². The van der Waals surface area contributed by atoms with Gasteiger partial charge in [-0.25, -0.2) is 0 Å². The molecule has 0 aliphatic carbocycles. The quantitative estimate of drug-likeness (QED) is 0.286. The Morgan fingerprint density at radius 3 is 1.25 bits per heavy atom. The number of benzene rings is 4. The standard InChI is InChI=1S/C32H34/c1-23-13-15-26(16-14-23)31(4,5)27-17-19-28(20-18-27)32(6,29-11-7-9-24(2)21-29)30-12-8-10-25(3)22-30/h7-22H,1-6H3. The van der Waals surface area contributed by atoms with E-state index in [0.29, 0.717) is 0 Å². The van der Waals surface area contributed by atoms with Crippen molar-refractivity contribution in [2.75, 3.05) is 0 Å². The fraction of sp³-hybridized carbons (Fsp3) is 0.250. The van der Waals surface area contributed by atoms with Crippen LogP contribution >= 0.6 is 0 Å². The van der Waals surface area contributed by atoms with E-state index in [1.165, 1.54) is 44.5 Å². The molecule has 0 heterocycles. The first-order valence-corrected chi connectivity index (χ1v) is 11.5. The highest BCUT2D eigenvalue weighted by Gasteiger charge is 2.32. The van der Waals surface area contributed by atoms with Crippen molar-refractivity contribution in [2.24, 2.45) is 0 Å². The highest BCUT2D eigenvalue weighted by molar-refractivity contribution is 5.52. The van der Waals surface area contributed by atoms with E-state index in [1.54, 1.807) is 0 Å². The molecule has 0 aromatic heterocycles. The van der Waals surface area contributed by atoms with E-state index >= 15 is 0 Å². The van der Waals surface area contributed by atoms with Gasteiger partial charge in [0.2, 0.25) is 0 Å². The molecule has 0 fully saturated rings. The third-order valence-corrected chi connectivity index (χ3v) is 7.15. The van der Waals surface area contributed by atoms with Crippen LogP contribution < -0.4 is 0 Å². The van der Waals surface area contributed by atoms with E-state index in [4.69, 9.17) is 0 Å². The molecule has 0 unspecified atom stereocenters. The highest BCUT2D eigenvalue weighted by Crippen LogP contribution is 2.41. The predicted octanol–water partition coefficient (Wildman–Crippen LogP) is 8.29. The molecule has 0 saturated heterocycles. The Morgan fingerprint density at radius 2 is 0.812 bits per heavy atom. The summed E-state index contributed by atoms with van der Waals surface area (Å²) in [5, 5.41) is 0. The van der Waals surface area contributed by atoms with Crippen molar-refractivity contribution in [3.8, 4) is 0 Å². The van der Waals surface area contributed by atoms with Crippen molar-refractivity contribution < 1.29 is 0 Å². The average molecular weight is 419 g/mol. The molecule has 4 aromatic carbocycles. The second-order valence-corrected chi connectivity index (χ2v) is 9.93. The summed E-state index contributed by atoms with van der Waals surface area (Å²) in [5.74, 6) is 0. The fourth-order valence-corrected chi connectivity index (χ4v) is 4.77. The van der Waals surface area contributed by atoms with Gasteiger partial charge in [0, 0.05) is 10.8 Å². The molecule has 0 aliphatic rings. The van der Waals surface area contributed by atoms with Crippen LogP contribution in [0.2, 0.25) is 0 Å². The molecule has 162 valence electrons. The first-order valence-electron chi connectivity index (χ1n) is 11.5. The van der Waals surface area contributed by atoms with Gasteiger partial charge in [-0.2, -0.15) is 0 Å². The highest BCUT2D eigenvalue weighted by atomic mass is 14.3. The molecule has 0 N–H and O–H groups in total. The molecule has 0 heteroatoms. The van der Waals surface area contributed by atoms with Crippen molar-refractivity contribution in [1.82, 2.24) is 0 Å². The Morgan fingerprint density at radius 1 is 0.406 bits per heavy atom. The van der Waals surface area contributed by atoms with Gasteiger partial charge >= 0.3 is 0 Å². The Bertz CT molecular complexity index is 1160. The summed E-state index contributed by atoms with van der Waals surface area (Å²) >= 11 is 0. The molecule has 0 saturated carbocycles. The summed E-state index contributed by atoms with van der Waals surface area (Å²) in [7, 11) is 0. The van der Waals surface area contributed by atoms with E-state index in [1.807, 2.05) is 0 Å². The smallest absolute Gasteiger partial charge is 0.0423 e. The molecule has 0 bridgehead atoms. The lowest BCUT2D eigenvalue weighted by molar-refractivity contribution is 0.637. The zero-order valence-corrected chi connectivity index (χ0v) is 20.2. The maximum Gasteiger partial charge on any atom is 0.0423 e. The summed E-state index contributed by atoms with van der Waals surface area (Å²) in [6.45, 7) is 13.5. The third-order valence-electron chi connectivity index (χ3n) is 7.15. The maximum atomic E-state index is 2.36. The molecule has 0 atom stereocenters. The molecular formula is C32H34. The number of rotatable bonds is 5. The van der Waals surface area contributed by atoms with Crippen LogP contribution in [0.25, 0.3) is 0 Å². The summed E-state index contributed by atoms with van der Waals surface area (Å²) in [6, 6.07) is 36.1. The van der Waals surface area contributed by atoms with Crippen LogP contribution in [0.15, 0.2) is 97.1 Å². The molecule has 0 nitrogen and oxygen atoms in total. The van der Waals surface area contributed by atoms with Gasteiger partial charge in [0.25, 0.3) is 0 Å². The van der Waals surface area contributed by atoms with Crippen LogP contribution in [0.5, 0.6) is 0 Å². The van der Waals surface area contributed by atoms with Crippen LogP contribution in [0.3, 0.4) is 0 Å². The molecule has 0 radical (unpaired) electrons. The lowest BCUT2D eigenvalue weighted by Gasteiger charge is -2.33. The first kappa shape index (κ1) is 22.1. The van der Waals surface area contributed by atoms with Crippen molar-refractivity contribution in [1.29, 1.82) is 0 Å². The second kappa shape index (κ2) is 8.43. The number of aryl methyl sites for hydroxylation is 3. The zero-order valence-electron chi connectivity index (χ0n) is 20.2. The monoisotopic (exact) mass is 418 g/mol. The lowest BCUT2D eigenvalue weighted by atomic mass is 9.69. The summed E-state index contributed by atoms with van der Waals surface area (Å²) in [6.07, 6.45) is 0. The molecule has 0 amide bonds. The zero-order chi connectivity index (χ0) is 22.9. The molecule has 32 heavy (non-hydrogen) atoms. The van der Waals surface area contributed by atoms with Crippen LogP contribution in [-0.2, 0) is 10.8 Å². The minimum atomic E-state index is -0.218. The van der Waals surface area contributed by atoms with Gasteiger partial charge < -0.3 is 0 Å². The number of hydrogen-bond donors (Lipinski definition) is 0. The van der Waals surface area contributed by atoms with E-state index in [-0.39, 0.29) is 10.8 Å². The van der Waals surface area contributed by atoms with Gasteiger partial charge in [0.05, 0.1) is 0 Å². The minimum Gasteiger partial charge on any atom is -0.0617 e. The fourth-order valence-electron chi connectivity index (χ4n) is 4.77. The van der Waals surface area contributed by atoms with E-state index < -0.39 is 0 Å². The van der Waals surface area contributed by atoms with Crippen LogP contribution in [0.4, 0.5) is 0 Å². The molecule has 4 aromatic rings. The van der Waals surface area contributed by atoms with E-state index in [0.717, 1.165) is 0 Å². The molecule has 0 aliphatic heterocycles. The Balaban J connectivity index is 1.82. The van der Waals surface area contributed by atoms with Gasteiger partial charge in [-0.3, -0.25) is 0 Å². The average Bonchev–Trinajstić information content (AvgIpc) is 2.79. The van der Waals surface area contributed by atoms with Crippen molar-refractivity contribution in [3.05, 3.63) is 142 Å². The third kappa shape index (κ3) is 4.02.